The van der Waals surface area contributed by atoms with E-state index in [4.69, 9.17) is 0 Å². The van der Waals surface area contributed by atoms with E-state index in [1.807, 2.05) is 29.3 Å². The number of rotatable bonds is 4. The standard InChI is InChI=1S/C16H22N4OS/c1-13-12-14(2)20(17-13)10-7-18-5-8-19(9-6-18)16(21)15-4-3-11-22-15/h3-4,11-12H,5-10H2,1-2H3. The first kappa shape index (κ1) is 15.2. The van der Waals surface area contributed by atoms with Gasteiger partial charge in [0, 0.05) is 38.4 Å². The van der Waals surface area contributed by atoms with Gasteiger partial charge in [-0.15, -0.1) is 11.3 Å². The van der Waals surface area contributed by atoms with Crippen molar-refractivity contribution in [3.05, 3.63) is 39.8 Å². The fraction of sp³-hybridized carbons (Fsp3) is 0.500. The van der Waals surface area contributed by atoms with Gasteiger partial charge >= 0.3 is 0 Å². The first-order valence-corrected chi connectivity index (χ1v) is 8.57. The molecule has 0 aliphatic carbocycles. The topological polar surface area (TPSA) is 41.4 Å². The van der Waals surface area contributed by atoms with E-state index in [-0.39, 0.29) is 5.91 Å². The predicted molar refractivity (Wildman–Crippen MR) is 88.4 cm³/mol. The average Bonchev–Trinajstić information content (AvgIpc) is 3.15. The predicted octanol–water partition coefficient (Wildman–Crippen LogP) is 2.02. The number of carbonyl (C=O) groups excluding carboxylic acids is 1. The van der Waals surface area contributed by atoms with Crippen molar-refractivity contribution in [2.45, 2.75) is 20.4 Å². The van der Waals surface area contributed by atoms with E-state index in [2.05, 4.69) is 27.7 Å². The minimum absolute atomic E-state index is 0.174. The lowest BCUT2D eigenvalue weighted by molar-refractivity contribution is 0.0636. The van der Waals surface area contributed by atoms with Gasteiger partial charge in [-0.1, -0.05) is 6.07 Å². The zero-order chi connectivity index (χ0) is 15.5. The van der Waals surface area contributed by atoms with Gasteiger partial charge < -0.3 is 4.90 Å². The van der Waals surface area contributed by atoms with Crippen molar-refractivity contribution in [1.29, 1.82) is 0 Å². The second kappa shape index (κ2) is 6.62. The molecule has 0 bridgehead atoms. The van der Waals surface area contributed by atoms with E-state index in [9.17, 15) is 4.79 Å². The Balaban J connectivity index is 1.48. The van der Waals surface area contributed by atoms with Crippen LogP contribution in [0.2, 0.25) is 0 Å². The first-order valence-electron chi connectivity index (χ1n) is 7.69. The molecule has 1 aliphatic heterocycles. The summed E-state index contributed by atoms with van der Waals surface area (Å²) in [5.74, 6) is 0.174. The highest BCUT2D eigenvalue weighted by molar-refractivity contribution is 7.12. The molecule has 0 unspecified atom stereocenters. The smallest absolute Gasteiger partial charge is 0.264 e. The summed E-state index contributed by atoms with van der Waals surface area (Å²) in [4.78, 5) is 17.5. The van der Waals surface area contributed by atoms with Gasteiger partial charge in [-0.25, -0.2) is 0 Å². The first-order chi connectivity index (χ1) is 10.6. The molecule has 6 heteroatoms. The SMILES string of the molecule is Cc1cc(C)n(CCN2CCN(C(=O)c3cccs3)CC2)n1. The molecule has 22 heavy (non-hydrogen) atoms. The zero-order valence-electron chi connectivity index (χ0n) is 13.2. The molecule has 1 fully saturated rings. The summed E-state index contributed by atoms with van der Waals surface area (Å²) >= 11 is 1.52. The van der Waals surface area contributed by atoms with Crippen LogP contribution in [0.15, 0.2) is 23.6 Å². The van der Waals surface area contributed by atoms with Crippen LogP contribution in [0.3, 0.4) is 0 Å². The third kappa shape index (κ3) is 3.39. The molecule has 1 amide bonds. The Kier molecular flexibility index (Phi) is 4.59. The molecule has 2 aromatic rings. The Bertz CT molecular complexity index is 627. The van der Waals surface area contributed by atoms with Crippen LogP contribution in [0, 0.1) is 13.8 Å². The molecule has 1 saturated heterocycles. The van der Waals surface area contributed by atoms with Crippen LogP contribution in [-0.2, 0) is 6.54 Å². The number of aromatic nitrogens is 2. The summed E-state index contributed by atoms with van der Waals surface area (Å²) in [5.41, 5.74) is 2.29. The Morgan fingerprint density at radius 2 is 2.00 bits per heavy atom. The summed E-state index contributed by atoms with van der Waals surface area (Å²) in [6.45, 7) is 9.53. The molecule has 3 rings (SSSR count). The minimum Gasteiger partial charge on any atom is -0.335 e. The van der Waals surface area contributed by atoms with Crippen molar-refractivity contribution in [2.75, 3.05) is 32.7 Å². The van der Waals surface area contributed by atoms with Crippen LogP contribution in [-0.4, -0.2) is 58.2 Å². The molecule has 0 radical (unpaired) electrons. The van der Waals surface area contributed by atoms with Gasteiger partial charge in [-0.3, -0.25) is 14.4 Å². The normalized spacial score (nSPS) is 16.2. The lowest BCUT2D eigenvalue weighted by Gasteiger charge is -2.34. The lowest BCUT2D eigenvalue weighted by atomic mass is 10.3. The molecular weight excluding hydrogens is 296 g/mol. The maximum atomic E-state index is 12.3. The van der Waals surface area contributed by atoms with E-state index in [0.717, 1.165) is 49.8 Å². The van der Waals surface area contributed by atoms with Crippen molar-refractivity contribution in [1.82, 2.24) is 19.6 Å². The quantitative estimate of drug-likeness (QED) is 0.866. The molecule has 2 aromatic heterocycles. The third-order valence-electron chi connectivity index (χ3n) is 4.12. The molecule has 0 aromatic carbocycles. The van der Waals surface area contributed by atoms with Crippen molar-refractivity contribution in [3.63, 3.8) is 0 Å². The Morgan fingerprint density at radius 1 is 1.23 bits per heavy atom. The Hall–Kier alpha value is -1.66. The van der Waals surface area contributed by atoms with Gasteiger partial charge in [-0.2, -0.15) is 5.10 Å². The summed E-state index contributed by atoms with van der Waals surface area (Å²) in [6, 6.07) is 5.95. The summed E-state index contributed by atoms with van der Waals surface area (Å²) in [5, 5.41) is 6.45. The van der Waals surface area contributed by atoms with Gasteiger partial charge in [0.25, 0.3) is 5.91 Å². The number of carbonyl (C=O) groups is 1. The van der Waals surface area contributed by atoms with Crippen LogP contribution >= 0.6 is 11.3 Å². The van der Waals surface area contributed by atoms with Crippen LogP contribution < -0.4 is 0 Å². The van der Waals surface area contributed by atoms with Crippen molar-refractivity contribution in [3.8, 4) is 0 Å². The third-order valence-corrected chi connectivity index (χ3v) is 4.98. The second-order valence-corrected chi connectivity index (χ2v) is 6.71. The minimum atomic E-state index is 0.174. The van der Waals surface area contributed by atoms with Gasteiger partial charge in [0.05, 0.1) is 17.1 Å². The number of hydrogen-bond acceptors (Lipinski definition) is 4. The number of amides is 1. The van der Waals surface area contributed by atoms with Gasteiger partial charge in [0.1, 0.15) is 0 Å². The Morgan fingerprint density at radius 3 is 2.59 bits per heavy atom. The monoisotopic (exact) mass is 318 g/mol. The second-order valence-electron chi connectivity index (χ2n) is 5.76. The largest absolute Gasteiger partial charge is 0.335 e. The lowest BCUT2D eigenvalue weighted by Crippen LogP contribution is -2.49. The number of thiophene rings is 1. The van der Waals surface area contributed by atoms with E-state index in [1.165, 1.54) is 17.0 Å². The highest BCUT2D eigenvalue weighted by atomic mass is 32.1. The van der Waals surface area contributed by atoms with Crippen molar-refractivity contribution in [2.24, 2.45) is 0 Å². The summed E-state index contributed by atoms with van der Waals surface area (Å²) in [7, 11) is 0. The molecule has 0 spiro atoms. The van der Waals surface area contributed by atoms with Gasteiger partial charge in [0.15, 0.2) is 0 Å². The molecule has 118 valence electrons. The molecule has 5 nitrogen and oxygen atoms in total. The highest BCUT2D eigenvalue weighted by Gasteiger charge is 2.22. The van der Waals surface area contributed by atoms with Gasteiger partial charge in [-0.05, 0) is 31.4 Å². The maximum absolute atomic E-state index is 12.3. The van der Waals surface area contributed by atoms with E-state index < -0.39 is 0 Å². The molecule has 0 N–H and O–H groups in total. The number of hydrogen-bond donors (Lipinski definition) is 0. The van der Waals surface area contributed by atoms with Crippen LogP contribution in [0.25, 0.3) is 0 Å². The average molecular weight is 318 g/mol. The molecule has 1 aliphatic rings. The number of piperazine rings is 1. The van der Waals surface area contributed by atoms with E-state index >= 15 is 0 Å². The summed E-state index contributed by atoms with van der Waals surface area (Å²) in [6.07, 6.45) is 0. The number of aryl methyl sites for hydroxylation is 2. The van der Waals surface area contributed by atoms with Gasteiger partial charge in [0.2, 0.25) is 0 Å². The van der Waals surface area contributed by atoms with Crippen molar-refractivity contribution >= 4 is 17.2 Å². The molecule has 0 atom stereocenters. The fourth-order valence-corrected chi connectivity index (χ4v) is 3.56. The van der Waals surface area contributed by atoms with E-state index in [1.54, 1.807) is 0 Å². The number of nitrogens with zero attached hydrogens (tertiary/aromatic N) is 4. The van der Waals surface area contributed by atoms with Crippen LogP contribution in [0.4, 0.5) is 0 Å². The molecule has 3 heterocycles. The van der Waals surface area contributed by atoms with Crippen LogP contribution in [0.5, 0.6) is 0 Å². The zero-order valence-corrected chi connectivity index (χ0v) is 14.0. The molecule has 0 saturated carbocycles. The van der Waals surface area contributed by atoms with Crippen LogP contribution in [0.1, 0.15) is 21.1 Å². The highest BCUT2D eigenvalue weighted by Crippen LogP contribution is 2.14. The Labute approximate surface area is 135 Å². The van der Waals surface area contributed by atoms with E-state index in [0.29, 0.717) is 0 Å². The fourth-order valence-electron chi connectivity index (χ4n) is 2.87. The summed E-state index contributed by atoms with van der Waals surface area (Å²) < 4.78 is 2.07. The molecular formula is C16H22N4OS. The maximum Gasteiger partial charge on any atom is 0.264 e. The van der Waals surface area contributed by atoms with Crippen molar-refractivity contribution < 1.29 is 4.79 Å².